The Kier molecular flexibility index (Phi) is 4.78. The molecule has 20 heavy (non-hydrogen) atoms. The number of nitrogens with zero attached hydrogens (tertiary/aromatic N) is 2. The number of nitrogens with two attached hydrogens (primary N) is 1. The van der Waals surface area contributed by atoms with Gasteiger partial charge in [-0.2, -0.15) is 0 Å². The molecule has 0 atom stereocenters. The minimum absolute atomic E-state index is 0.0110. The van der Waals surface area contributed by atoms with Gasteiger partial charge in [0.1, 0.15) is 5.75 Å². The maximum atomic E-state index is 11.9. The maximum Gasteiger partial charge on any atom is 0.260 e. The van der Waals surface area contributed by atoms with Crippen molar-refractivity contribution < 1.29 is 19.5 Å². The number of oxime groups is 1. The molecule has 0 aliphatic carbocycles. The first-order valence-corrected chi connectivity index (χ1v) is 6.27. The van der Waals surface area contributed by atoms with Gasteiger partial charge in [-0.25, -0.2) is 0 Å². The number of benzene rings is 1. The van der Waals surface area contributed by atoms with Crippen molar-refractivity contribution in [1.82, 2.24) is 4.90 Å². The van der Waals surface area contributed by atoms with Crippen LogP contribution in [0.1, 0.15) is 5.56 Å². The van der Waals surface area contributed by atoms with Crippen LogP contribution in [0.5, 0.6) is 5.75 Å². The van der Waals surface area contributed by atoms with Gasteiger partial charge in [-0.15, -0.1) is 0 Å². The van der Waals surface area contributed by atoms with Gasteiger partial charge in [0, 0.05) is 18.7 Å². The summed E-state index contributed by atoms with van der Waals surface area (Å²) >= 11 is 0. The average molecular weight is 279 g/mol. The quantitative estimate of drug-likeness (QED) is 0.350. The van der Waals surface area contributed by atoms with E-state index >= 15 is 0 Å². The molecule has 0 radical (unpaired) electrons. The second-order valence-corrected chi connectivity index (χ2v) is 4.29. The van der Waals surface area contributed by atoms with Crippen molar-refractivity contribution in [1.29, 1.82) is 0 Å². The molecule has 1 amide bonds. The molecule has 3 N–H and O–H groups in total. The number of hydrogen-bond donors (Lipinski definition) is 2. The van der Waals surface area contributed by atoms with Gasteiger partial charge in [0.05, 0.1) is 13.2 Å². The van der Waals surface area contributed by atoms with E-state index in [1.54, 1.807) is 29.2 Å². The smallest absolute Gasteiger partial charge is 0.260 e. The molecule has 7 heteroatoms. The third-order valence-corrected chi connectivity index (χ3v) is 2.98. The van der Waals surface area contributed by atoms with E-state index in [0.717, 1.165) is 0 Å². The van der Waals surface area contributed by atoms with Gasteiger partial charge in [-0.05, 0) is 24.3 Å². The molecule has 108 valence electrons. The van der Waals surface area contributed by atoms with Crippen LogP contribution in [0.3, 0.4) is 0 Å². The first-order valence-electron chi connectivity index (χ1n) is 6.27. The first-order chi connectivity index (χ1) is 9.70. The third-order valence-electron chi connectivity index (χ3n) is 2.98. The highest BCUT2D eigenvalue weighted by Gasteiger charge is 2.17. The monoisotopic (exact) mass is 279 g/mol. The van der Waals surface area contributed by atoms with E-state index in [9.17, 15) is 4.79 Å². The summed E-state index contributed by atoms with van der Waals surface area (Å²) < 4.78 is 10.6. The lowest BCUT2D eigenvalue weighted by atomic mass is 10.2. The molecule has 7 nitrogen and oxygen atoms in total. The van der Waals surface area contributed by atoms with Crippen LogP contribution < -0.4 is 10.5 Å². The summed E-state index contributed by atoms with van der Waals surface area (Å²) in [7, 11) is 0. The normalized spacial score (nSPS) is 16.0. The number of amides is 1. The van der Waals surface area contributed by atoms with Crippen LogP contribution in [0.15, 0.2) is 29.4 Å². The van der Waals surface area contributed by atoms with Gasteiger partial charge in [0.15, 0.2) is 12.4 Å². The van der Waals surface area contributed by atoms with Crippen molar-refractivity contribution in [3.63, 3.8) is 0 Å². The molecule has 0 aromatic heterocycles. The molecule has 1 aliphatic heterocycles. The van der Waals surface area contributed by atoms with Crippen LogP contribution in [-0.4, -0.2) is 54.8 Å². The molecule has 1 aromatic rings. The number of ether oxygens (including phenoxy) is 2. The molecule has 2 rings (SSSR count). The van der Waals surface area contributed by atoms with Crippen LogP contribution in [0, 0.1) is 0 Å². The zero-order valence-corrected chi connectivity index (χ0v) is 11.0. The fourth-order valence-corrected chi connectivity index (χ4v) is 1.83. The largest absolute Gasteiger partial charge is 0.484 e. The summed E-state index contributed by atoms with van der Waals surface area (Å²) in [6.07, 6.45) is 0. The Morgan fingerprint density at radius 2 is 2.00 bits per heavy atom. The number of amidine groups is 1. The highest BCUT2D eigenvalue weighted by atomic mass is 16.5. The number of hydrogen-bond acceptors (Lipinski definition) is 5. The fourth-order valence-electron chi connectivity index (χ4n) is 1.83. The van der Waals surface area contributed by atoms with E-state index < -0.39 is 0 Å². The lowest BCUT2D eigenvalue weighted by molar-refractivity contribution is -0.137. The predicted molar refractivity (Wildman–Crippen MR) is 71.8 cm³/mol. The lowest BCUT2D eigenvalue weighted by Gasteiger charge is -2.26. The molecule has 1 fully saturated rings. The predicted octanol–water partition coefficient (Wildman–Crippen LogP) is 0.0187. The average Bonchev–Trinajstić information content (AvgIpc) is 2.53. The van der Waals surface area contributed by atoms with Crippen molar-refractivity contribution in [3.05, 3.63) is 29.8 Å². The Balaban J connectivity index is 1.85. The van der Waals surface area contributed by atoms with E-state index in [-0.39, 0.29) is 18.3 Å². The summed E-state index contributed by atoms with van der Waals surface area (Å²) in [5.74, 6) is 0.524. The van der Waals surface area contributed by atoms with Crippen molar-refractivity contribution >= 4 is 11.7 Å². The molecular formula is C13H17N3O4. The van der Waals surface area contributed by atoms with Crippen LogP contribution in [0.2, 0.25) is 0 Å². The van der Waals surface area contributed by atoms with Gasteiger partial charge in [0.2, 0.25) is 0 Å². The highest BCUT2D eigenvalue weighted by molar-refractivity contribution is 5.97. The minimum atomic E-state index is -0.0613. The third kappa shape index (κ3) is 3.61. The van der Waals surface area contributed by atoms with Crippen LogP contribution in [0.4, 0.5) is 0 Å². The Labute approximate surface area is 116 Å². The number of carbonyl (C=O) groups is 1. The number of morpholine rings is 1. The van der Waals surface area contributed by atoms with E-state index in [2.05, 4.69) is 5.16 Å². The molecule has 0 unspecified atom stereocenters. The number of carbonyl (C=O) groups excluding carboxylic acids is 1. The van der Waals surface area contributed by atoms with E-state index in [1.807, 2.05) is 0 Å². The van der Waals surface area contributed by atoms with Crippen molar-refractivity contribution in [2.75, 3.05) is 32.9 Å². The Morgan fingerprint density at radius 3 is 2.60 bits per heavy atom. The molecule has 0 saturated carbocycles. The first kappa shape index (κ1) is 14.1. The van der Waals surface area contributed by atoms with Gasteiger partial charge in [-0.3, -0.25) is 4.79 Å². The summed E-state index contributed by atoms with van der Waals surface area (Å²) in [5.41, 5.74) is 6.03. The van der Waals surface area contributed by atoms with Gasteiger partial charge < -0.3 is 25.3 Å². The fraction of sp³-hybridized carbons (Fsp3) is 0.385. The molecule has 0 spiro atoms. The van der Waals surface area contributed by atoms with Crippen molar-refractivity contribution in [2.45, 2.75) is 0 Å². The van der Waals surface area contributed by atoms with E-state index in [4.69, 9.17) is 20.4 Å². The van der Waals surface area contributed by atoms with Gasteiger partial charge >= 0.3 is 0 Å². The zero-order chi connectivity index (χ0) is 14.4. The molecular weight excluding hydrogens is 262 g/mol. The molecule has 1 heterocycles. The molecule has 1 saturated heterocycles. The van der Waals surface area contributed by atoms with Gasteiger partial charge in [-0.1, -0.05) is 5.16 Å². The summed E-state index contributed by atoms with van der Waals surface area (Å²) in [6.45, 7) is 2.33. The molecule has 0 bridgehead atoms. The van der Waals surface area contributed by atoms with Crippen LogP contribution >= 0.6 is 0 Å². The highest BCUT2D eigenvalue weighted by Crippen LogP contribution is 2.12. The van der Waals surface area contributed by atoms with Crippen molar-refractivity contribution in [2.24, 2.45) is 10.9 Å². The second-order valence-electron chi connectivity index (χ2n) is 4.29. The Hall–Kier alpha value is -2.28. The summed E-state index contributed by atoms with van der Waals surface area (Å²) in [4.78, 5) is 13.6. The number of rotatable bonds is 4. The Morgan fingerprint density at radius 1 is 1.35 bits per heavy atom. The lowest BCUT2D eigenvalue weighted by Crippen LogP contribution is -2.42. The molecule has 1 aliphatic rings. The standard InChI is InChI=1S/C13H17N3O4/c14-13(15-18)10-1-3-11(4-2-10)20-9-12(17)16-5-7-19-8-6-16/h1-4,18H,5-9H2,(H2,14,15). The molecule has 1 aromatic carbocycles. The van der Waals surface area contributed by atoms with Crippen molar-refractivity contribution in [3.8, 4) is 5.75 Å². The topological polar surface area (TPSA) is 97.4 Å². The van der Waals surface area contributed by atoms with E-state index in [0.29, 0.717) is 37.6 Å². The van der Waals surface area contributed by atoms with Crippen LogP contribution in [-0.2, 0) is 9.53 Å². The zero-order valence-electron chi connectivity index (χ0n) is 11.0. The Bertz CT molecular complexity index is 481. The van der Waals surface area contributed by atoms with Gasteiger partial charge in [0.25, 0.3) is 5.91 Å². The van der Waals surface area contributed by atoms with Crippen LogP contribution in [0.25, 0.3) is 0 Å². The summed E-state index contributed by atoms with van der Waals surface area (Å²) in [5, 5.41) is 11.5. The SMILES string of the molecule is N/C(=N\O)c1ccc(OCC(=O)N2CCOCC2)cc1. The maximum absolute atomic E-state index is 11.9. The van der Waals surface area contributed by atoms with E-state index in [1.165, 1.54) is 0 Å². The minimum Gasteiger partial charge on any atom is -0.484 e. The summed E-state index contributed by atoms with van der Waals surface area (Å²) in [6, 6.07) is 6.65. The second kappa shape index (κ2) is 6.76.